The number of methoxy groups -OCH3 is 1. The third-order valence-corrected chi connectivity index (χ3v) is 3.24. The molecule has 0 spiro atoms. The minimum Gasteiger partial charge on any atom is -0.497 e. The maximum atomic E-state index is 10.1. The smallest absolute Gasteiger partial charge is 0.119 e. The first-order valence-corrected chi connectivity index (χ1v) is 5.85. The molecule has 2 nitrogen and oxygen atoms in total. The van der Waals surface area contributed by atoms with Gasteiger partial charge in [-0.15, -0.1) is 0 Å². The Kier molecular flexibility index (Phi) is 4.81. The number of ether oxygens (including phenoxy) is 1. The molecule has 0 bridgehead atoms. The Balaban J connectivity index is 2.65. The molecule has 1 N–H and O–H groups in total. The quantitative estimate of drug-likeness (QED) is 0.830. The van der Waals surface area contributed by atoms with Gasteiger partial charge in [-0.25, -0.2) is 0 Å². The van der Waals surface area contributed by atoms with Gasteiger partial charge >= 0.3 is 0 Å². The van der Waals surface area contributed by atoms with E-state index in [0.29, 0.717) is 18.3 Å². The summed E-state index contributed by atoms with van der Waals surface area (Å²) in [5.74, 6) is 1.66. The molecule has 1 aromatic carbocycles. The fourth-order valence-corrected chi connectivity index (χ4v) is 1.67. The van der Waals surface area contributed by atoms with Gasteiger partial charge in [-0.1, -0.05) is 32.9 Å². The van der Waals surface area contributed by atoms with Crippen molar-refractivity contribution in [3.63, 3.8) is 0 Å². The summed E-state index contributed by atoms with van der Waals surface area (Å²) < 4.78 is 5.16. The third-order valence-electron chi connectivity index (χ3n) is 3.24. The van der Waals surface area contributed by atoms with E-state index in [0.717, 1.165) is 11.3 Å². The Bertz CT molecular complexity index is 320. The summed E-state index contributed by atoms with van der Waals surface area (Å²) in [5, 5.41) is 10.1. The number of rotatable bonds is 5. The van der Waals surface area contributed by atoms with Crippen molar-refractivity contribution >= 4 is 0 Å². The van der Waals surface area contributed by atoms with Gasteiger partial charge in [-0.05, 0) is 36.0 Å². The van der Waals surface area contributed by atoms with E-state index in [1.54, 1.807) is 7.11 Å². The van der Waals surface area contributed by atoms with E-state index in [1.807, 2.05) is 24.3 Å². The van der Waals surface area contributed by atoms with Crippen molar-refractivity contribution in [1.29, 1.82) is 0 Å². The lowest BCUT2D eigenvalue weighted by molar-refractivity contribution is 0.0921. The van der Waals surface area contributed by atoms with Gasteiger partial charge in [0.05, 0.1) is 13.2 Å². The van der Waals surface area contributed by atoms with E-state index in [9.17, 15) is 5.11 Å². The highest BCUT2D eigenvalue weighted by Crippen LogP contribution is 2.20. The zero-order valence-electron chi connectivity index (χ0n) is 10.6. The Hall–Kier alpha value is -1.02. The van der Waals surface area contributed by atoms with Crippen LogP contribution in [0.3, 0.4) is 0 Å². The molecule has 0 saturated heterocycles. The monoisotopic (exact) mass is 222 g/mol. The van der Waals surface area contributed by atoms with Crippen molar-refractivity contribution in [2.45, 2.75) is 33.3 Å². The molecule has 2 atom stereocenters. The zero-order valence-corrected chi connectivity index (χ0v) is 10.6. The Morgan fingerprint density at radius 1 is 1.25 bits per heavy atom. The van der Waals surface area contributed by atoms with Crippen LogP contribution in [0.15, 0.2) is 24.3 Å². The second-order valence-electron chi connectivity index (χ2n) is 4.73. The van der Waals surface area contributed by atoms with E-state index >= 15 is 0 Å². The second-order valence-corrected chi connectivity index (χ2v) is 4.73. The highest BCUT2D eigenvalue weighted by molar-refractivity contribution is 5.28. The van der Waals surface area contributed by atoms with Gasteiger partial charge in [0.1, 0.15) is 5.75 Å². The maximum Gasteiger partial charge on any atom is 0.119 e. The van der Waals surface area contributed by atoms with E-state index in [1.165, 1.54) is 0 Å². The van der Waals surface area contributed by atoms with Gasteiger partial charge in [0.25, 0.3) is 0 Å². The van der Waals surface area contributed by atoms with Crippen molar-refractivity contribution in [3.8, 4) is 5.75 Å². The average molecular weight is 222 g/mol. The Labute approximate surface area is 98.3 Å². The molecule has 0 saturated carbocycles. The number of aliphatic hydroxyl groups is 1. The topological polar surface area (TPSA) is 29.5 Å². The lowest BCUT2D eigenvalue weighted by Gasteiger charge is -2.22. The summed E-state index contributed by atoms with van der Waals surface area (Å²) in [4.78, 5) is 0. The molecule has 0 amide bonds. The largest absolute Gasteiger partial charge is 0.497 e. The lowest BCUT2D eigenvalue weighted by Crippen LogP contribution is -2.24. The summed E-state index contributed by atoms with van der Waals surface area (Å²) in [6, 6.07) is 7.89. The molecular weight excluding hydrogens is 200 g/mol. The number of hydrogen-bond donors (Lipinski definition) is 1. The van der Waals surface area contributed by atoms with Gasteiger partial charge in [0, 0.05) is 0 Å². The molecule has 1 rings (SSSR count). The molecule has 0 aromatic heterocycles. The molecule has 0 heterocycles. The first-order valence-electron chi connectivity index (χ1n) is 5.85. The molecule has 0 aliphatic carbocycles. The number of hydrogen-bond acceptors (Lipinski definition) is 2. The molecule has 0 aliphatic heterocycles. The standard InChI is InChI=1S/C14H22O2/c1-10(2)11(3)14(15)9-12-6-5-7-13(8-12)16-4/h5-8,10-11,14-15H,9H2,1-4H3. The normalized spacial score (nSPS) is 14.9. The van der Waals surface area contributed by atoms with Crippen LogP contribution >= 0.6 is 0 Å². The summed E-state index contributed by atoms with van der Waals surface area (Å²) in [7, 11) is 1.66. The zero-order chi connectivity index (χ0) is 12.1. The molecule has 0 radical (unpaired) electrons. The molecule has 2 heteroatoms. The molecule has 16 heavy (non-hydrogen) atoms. The van der Waals surface area contributed by atoms with Gasteiger partial charge in [0.15, 0.2) is 0 Å². The van der Waals surface area contributed by atoms with Crippen molar-refractivity contribution in [2.75, 3.05) is 7.11 Å². The van der Waals surface area contributed by atoms with Gasteiger partial charge in [-0.3, -0.25) is 0 Å². The highest BCUT2D eigenvalue weighted by atomic mass is 16.5. The van der Waals surface area contributed by atoms with E-state index in [4.69, 9.17) is 4.74 Å². The van der Waals surface area contributed by atoms with Crippen LogP contribution in [0, 0.1) is 11.8 Å². The van der Waals surface area contributed by atoms with E-state index in [-0.39, 0.29) is 6.10 Å². The first kappa shape index (κ1) is 13.0. The number of aliphatic hydroxyl groups excluding tert-OH is 1. The molecular formula is C14H22O2. The van der Waals surface area contributed by atoms with E-state index < -0.39 is 0 Å². The van der Waals surface area contributed by atoms with Crippen molar-refractivity contribution in [3.05, 3.63) is 29.8 Å². The molecule has 1 aromatic rings. The SMILES string of the molecule is COc1cccc(CC(O)C(C)C(C)C)c1. The van der Waals surface area contributed by atoms with Crippen LogP contribution in [0.2, 0.25) is 0 Å². The van der Waals surface area contributed by atoms with Crippen molar-refractivity contribution in [2.24, 2.45) is 11.8 Å². The summed E-state index contributed by atoms with van der Waals surface area (Å²) >= 11 is 0. The Morgan fingerprint density at radius 3 is 2.50 bits per heavy atom. The van der Waals surface area contributed by atoms with Crippen LogP contribution in [0.25, 0.3) is 0 Å². The van der Waals surface area contributed by atoms with Crippen LogP contribution in [0.5, 0.6) is 5.75 Å². The predicted molar refractivity (Wildman–Crippen MR) is 66.7 cm³/mol. The first-order chi connectivity index (χ1) is 7.54. The van der Waals surface area contributed by atoms with Crippen LogP contribution < -0.4 is 4.74 Å². The maximum absolute atomic E-state index is 10.1. The summed E-state index contributed by atoms with van der Waals surface area (Å²) in [5.41, 5.74) is 1.12. The fourth-order valence-electron chi connectivity index (χ4n) is 1.67. The molecule has 0 aliphatic rings. The van der Waals surface area contributed by atoms with E-state index in [2.05, 4.69) is 20.8 Å². The highest BCUT2D eigenvalue weighted by Gasteiger charge is 2.17. The fraction of sp³-hybridized carbons (Fsp3) is 0.571. The van der Waals surface area contributed by atoms with Gasteiger partial charge in [-0.2, -0.15) is 0 Å². The third kappa shape index (κ3) is 3.53. The van der Waals surface area contributed by atoms with Crippen LogP contribution in [-0.4, -0.2) is 18.3 Å². The minimum atomic E-state index is -0.285. The second kappa shape index (κ2) is 5.90. The van der Waals surface area contributed by atoms with Crippen molar-refractivity contribution in [1.82, 2.24) is 0 Å². The van der Waals surface area contributed by atoms with Crippen LogP contribution in [0.1, 0.15) is 26.3 Å². The molecule has 90 valence electrons. The molecule has 2 unspecified atom stereocenters. The average Bonchev–Trinajstić information content (AvgIpc) is 2.28. The van der Waals surface area contributed by atoms with Gasteiger partial charge in [0.2, 0.25) is 0 Å². The van der Waals surface area contributed by atoms with Crippen LogP contribution in [-0.2, 0) is 6.42 Å². The van der Waals surface area contributed by atoms with Gasteiger partial charge < -0.3 is 9.84 Å². The predicted octanol–water partition coefficient (Wildman–Crippen LogP) is 2.89. The molecule has 0 fully saturated rings. The minimum absolute atomic E-state index is 0.285. The lowest BCUT2D eigenvalue weighted by atomic mass is 9.89. The van der Waals surface area contributed by atoms with Crippen molar-refractivity contribution < 1.29 is 9.84 Å². The number of benzene rings is 1. The summed E-state index contributed by atoms with van der Waals surface area (Å²) in [6.07, 6.45) is 0.406. The Morgan fingerprint density at radius 2 is 1.94 bits per heavy atom. The summed E-state index contributed by atoms with van der Waals surface area (Å²) in [6.45, 7) is 6.37. The van der Waals surface area contributed by atoms with Crippen LogP contribution in [0.4, 0.5) is 0 Å².